The normalized spacial score (nSPS) is 10.0. The van der Waals surface area contributed by atoms with Crippen LogP contribution in [-0.2, 0) is 4.79 Å². The summed E-state index contributed by atoms with van der Waals surface area (Å²) in [6, 6.07) is 11.4. The summed E-state index contributed by atoms with van der Waals surface area (Å²) in [5, 5.41) is 0. The molecule has 0 unspecified atom stereocenters. The third kappa shape index (κ3) is 3.69. The number of halogens is 1. The fourth-order valence-electron chi connectivity index (χ4n) is 1.85. The van der Waals surface area contributed by atoms with Crippen LogP contribution in [0, 0.1) is 5.82 Å². The number of rotatable bonds is 5. The molecule has 0 aliphatic heterocycles. The van der Waals surface area contributed by atoms with Gasteiger partial charge in [0.2, 0.25) is 0 Å². The van der Waals surface area contributed by atoms with E-state index in [1.165, 1.54) is 12.1 Å². The van der Waals surface area contributed by atoms with Crippen molar-refractivity contribution in [2.24, 2.45) is 0 Å². The van der Waals surface area contributed by atoms with Crippen LogP contribution in [0.2, 0.25) is 0 Å². The van der Waals surface area contributed by atoms with Crippen molar-refractivity contribution >= 4 is 5.97 Å². The molecular formula is C17H15FO3. The molecule has 0 atom stereocenters. The Bertz CT molecular complexity index is 648. The van der Waals surface area contributed by atoms with Crippen molar-refractivity contribution in [3.8, 4) is 22.6 Å². The van der Waals surface area contributed by atoms with Gasteiger partial charge < -0.3 is 9.47 Å². The molecule has 0 aliphatic rings. The molecule has 0 aliphatic carbocycles. The van der Waals surface area contributed by atoms with Gasteiger partial charge in [0.15, 0.2) is 0 Å². The Morgan fingerprint density at radius 2 is 1.86 bits per heavy atom. The molecule has 2 aromatic carbocycles. The lowest BCUT2D eigenvalue weighted by atomic mass is 10.0. The van der Waals surface area contributed by atoms with Crippen molar-refractivity contribution in [2.45, 2.75) is 6.92 Å². The zero-order valence-electron chi connectivity index (χ0n) is 11.6. The van der Waals surface area contributed by atoms with Gasteiger partial charge in [0, 0.05) is 17.7 Å². The van der Waals surface area contributed by atoms with Gasteiger partial charge in [0.1, 0.15) is 17.3 Å². The van der Waals surface area contributed by atoms with Crippen molar-refractivity contribution in [1.82, 2.24) is 0 Å². The van der Waals surface area contributed by atoms with Gasteiger partial charge in [-0.1, -0.05) is 18.7 Å². The SMILES string of the molecule is C=CC(=O)Oc1ccc(-c2ccc(OCC)cc2)c(F)c1. The summed E-state index contributed by atoms with van der Waals surface area (Å²) in [4.78, 5) is 11.1. The number of benzene rings is 2. The van der Waals surface area contributed by atoms with Gasteiger partial charge >= 0.3 is 5.97 Å². The topological polar surface area (TPSA) is 35.5 Å². The molecule has 0 saturated heterocycles. The largest absolute Gasteiger partial charge is 0.494 e. The second-order valence-electron chi connectivity index (χ2n) is 4.22. The molecule has 2 aromatic rings. The van der Waals surface area contributed by atoms with Gasteiger partial charge in [-0.3, -0.25) is 0 Å². The summed E-state index contributed by atoms with van der Waals surface area (Å²) >= 11 is 0. The van der Waals surface area contributed by atoms with Gasteiger partial charge in [-0.05, 0) is 36.8 Å². The minimum absolute atomic E-state index is 0.145. The first-order valence-corrected chi connectivity index (χ1v) is 6.51. The Hall–Kier alpha value is -2.62. The number of esters is 1. The minimum Gasteiger partial charge on any atom is -0.494 e. The highest BCUT2D eigenvalue weighted by atomic mass is 19.1. The third-order valence-corrected chi connectivity index (χ3v) is 2.80. The summed E-state index contributed by atoms with van der Waals surface area (Å²) in [6.45, 7) is 5.77. The Balaban J connectivity index is 2.24. The Labute approximate surface area is 122 Å². The van der Waals surface area contributed by atoms with E-state index < -0.39 is 11.8 Å². The smallest absolute Gasteiger partial charge is 0.335 e. The average Bonchev–Trinajstić information content (AvgIpc) is 2.49. The number of hydrogen-bond acceptors (Lipinski definition) is 3. The van der Waals surface area contributed by atoms with Crippen LogP contribution in [0.25, 0.3) is 11.1 Å². The lowest BCUT2D eigenvalue weighted by Gasteiger charge is -2.08. The maximum absolute atomic E-state index is 14.1. The molecule has 0 aromatic heterocycles. The molecular weight excluding hydrogens is 271 g/mol. The molecule has 0 amide bonds. The first-order valence-electron chi connectivity index (χ1n) is 6.51. The van der Waals surface area contributed by atoms with Crippen molar-refractivity contribution in [2.75, 3.05) is 6.61 Å². The van der Waals surface area contributed by atoms with Gasteiger partial charge in [-0.15, -0.1) is 0 Å². The first kappa shape index (κ1) is 14.8. The highest BCUT2D eigenvalue weighted by Gasteiger charge is 2.08. The van der Waals surface area contributed by atoms with Crippen molar-refractivity contribution in [3.63, 3.8) is 0 Å². The lowest BCUT2D eigenvalue weighted by Crippen LogP contribution is -2.03. The molecule has 0 spiro atoms. The first-order chi connectivity index (χ1) is 10.1. The number of carbonyl (C=O) groups is 1. The second kappa shape index (κ2) is 6.70. The third-order valence-electron chi connectivity index (χ3n) is 2.80. The van der Waals surface area contributed by atoms with E-state index in [1.54, 1.807) is 30.3 Å². The van der Waals surface area contributed by atoms with Crippen molar-refractivity contribution < 1.29 is 18.7 Å². The summed E-state index contributed by atoms with van der Waals surface area (Å²) < 4.78 is 24.3. The molecule has 0 fully saturated rings. The summed E-state index contributed by atoms with van der Waals surface area (Å²) in [5.74, 6) is -0.206. The molecule has 3 nitrogen and oxygen atoms in total. The van der Waals surface area contributed by atoms with Crippen LogP contribution in [-0.4, -0.2) is 12.6 Å². The van der Waals surface area contributed by atoms with Crippen LogP contribution in [0.15, 0.2) is 55.1 Å². The van der Waals surface area contributed by atoms with E-state index in [1.807, 2.05) is 6.92 Å². The molecule has 21 heavy (non-hydrogen) atoms. The second-order valence-corrected chi connectivity index (χ2v) is 4.22. The molecule has 2 rings (SSSR count). The average molecular weight is 286 g/mol. The highest BCUT2D eigenvalue weighted by molar-refractivity contribution is 5.83. The summed E-state index contributed by atoms with van der Waals surface area (Å²) in [5.41, 5.74) is 1.15. The van der Waals surface area contributed by atoms with E-state index in [4.69, 9.17) is 9.47 Å². The standard InChI is InChI=1S/C17H15FO3/c1-3-17(19)21-14-9-10-15(16(18)11-14)12-5-7-13(8-6-12)20-4-2/h3,5-11H,1,4H2,2H3. The predicted octanol–water partition coefficient (Wildman–Crippen LogP) is 3.98. The van der Waals surface area contributed by atoms with E-state index in [9.17, 15) is 9.18 Å². The molecule has 0 radical (unpaired) electrons. The van der Waals surface area contributed by atoms with E-state index in [0.29, 0.717) is 12.2 Å². The van der Waals surface area contributed by atoms with E-state index >= 15 is 0 Å². The molecule has 0 saturated carbocycles. The number of hydrogen-bond donors (Lipinski definition) is 0. The van der Waals surface area contributed by atoms with E-state index in [-0.39, 0.29) is 5.75 Å². The quantitative estimate of drug-likeness (QED) is 0.474. The lowest BCUT2D eigenvalue weighted by molar-refractivity contribution is -0.128. The van der Waals surface area contributed by atoms with Crippen LogP contribution in [0.5, 0.6) is 11.5 Å². The maximum atomic E-state index is 14.1. The van der Waals surface area contributed by atoms with Gasteiger partial charge in [0.05, 0.1) is 6.61 Å². The van der Waals surface area contributed by atoms with E-state index in [0.717, 1.165) is 17.4 Å². The molecule has 4 heteroatoms. The van der Waals surface area contributed by atoms with Crippen LogP contribution < -0.4 is 9.47 Å². The zero-order valence-corrected chi connectivity index (χ0v) is 11.6. The fraction of sp³-hybridized carbons (Fsp3) is 0.118. The van der Waals surface area contributed by atoms with E-state index in [2.05, 4.69) is 6.58 Å². The summed E-state index contributed by atoms with van der Waals surface area (Å²) in [6.07, 6.45) is 1.03. The number of ether oxygens (including phenoxy) is 2. The van der Waals surface area contributed by atoms with Crippen LogP contribution in [0.4, 0.5) is 4.39 Å². The van der Waals surface area contributed by atoms with Crippen LogP contribution in [0.1, 0.15) is 6.92 Å². The molecule has 0 heterocycles. The monoisotopic (exact) mass is 286 g/mol. The van der Waals surface area contributed by atoms with Crippen molar-refractivity contribution in [3.05, 3.63) is 60.9 Å². The van der Waals surface area contributed by atoms with Crippen LogP contribution in [0.3, 0.4) is 0 Å². The maximum Gasteiger partial charge on any atom is 0.335 e. The predicted molar refractivity (Wildman–Crippen MR) is 78.8 cm³/mol. The minimum atomic E-state index is -0.622. The molecule has 0 N–H and O–H groups in total. The highest BCUT2D eigenvalue weighted by Crippen LogP contribution is 2.27. The molecule has 0 bridgehead atoms. The molecule has 108 valence electrons. The Morgan fingerprint density at radius 1 is 1.19 bits per heavy atom. The van der Waals surface area contributed by atoms with Gasteiger partial charge in [-0.25, -0.2) is 9.18 Å². The number of carbonyl (C=O) groups excluding carboxylic acids is 1. The van der Waals surface area contributed by atoms with Gasteiger partial charge in [0.25, 0.3) is 0 Å². The zero-order chi connectivity index (χ0) is 15.2. The fourth-order valence-corrected chi connectivity index (χ4v) is 1.85. The van der Waals surface area contributed by atoms with Crippen molar-refractivity contribution in [1.29, 1.82) is 0 Å². The Kier molecular flexibility index (Phi) is 4.72. The Morgan fingerprint density at radius 3 is 2.43 bits per heavy atom. The van der Waals surface area contributed by atoms with Gasteiger partial charge in [-0.2, -0.15) is 0 Å². The van der Waals surface area contributed by atoms with Crippen LogP contribution >= 0.6 is 0 Å². The summed E-state index contributed by atoms with van der Waals surface area (Å²) in [7, 11) is 0.